The first-order chi connectivity index (χ1) is 15.3. The van der Waals surface area contributed by atoms with Crippen LogP contribution in [0.4, 0.5) is 0 Å². The maximum Gasteiger partial charge on any atom is 0.300 e. The highest BCUT2D eigenvalue weighted by Gasteiger charge is 2.40. The second-order valence-corrected chi connectivity index (χ2v) is 12.1. The standard InChI is InChI=1S/C18H16N2O10S3/c1-9-5-12-16(14(6-9)32(23,24)27-3)30-17-13(31(12,21)22)7-11(18-20-19-10(2)29-18)8-15(17)33(25,26)28-4/h5-8H,1-4H3. The highest BCUT2D eigenvalue weighted by Crippen LogP contribution is 2.50. The van der Waals surface area contributed by atoms with Gasteiger partial charge in [0.2, 0.25) is 21.6 Å². The summed E-state index contributed by atoms with van der Waals surface area (Å²) in [7, 11) is -11.7. The van der Waals surface area contributed by atoms with Crippen molar-refractivity contribution < 1.29 is 42.8 Å². The Morgan fingerprint density at radius 3 is 1.88 bits per heavy atom. The van der Waals surface area contributed by atoms with Gasteiger partial charge in [-0.1, -0.05) is 0 Å². The van der Waals surface area contributed by atoms with Crippen LogP contribution in [0.3, 0.4) is 0 Å². The van der Waals surface area contributed by atoms with E-state index in [1.165, 1.54) is 19.9 Å². The zero-order chi connectivity index (χ0) is 24.3. The molecule has 0 amide bonds. The van der Waals surface area contributed by atoms with Crippen molar-refractivity contribution in [1.82, 2.24) is 10.2 Å². The summed E-state index contributed by atoms with van der Waals surface area (Å²) < 4.78 is 97.4. The lowest BCUT2D eigenvalue weighted by atomic mass is 10.2. The zero-order valence-corrected chi connectivity index (χ0v) is 20.0. The normalized spacial score (nSPS) is 14.9. The number of hydrogen-bond donors (Lipinski definition) is 0. The van der Waals surface area contributed by atoms with Gasteiger partial charge in [0.05, 0.1) is 14.2 Å². The third-order valence-corrected chi connectivity index (χ3v) is 9.05. The van der Waals surface area contributed by atoms with E-state index in [2.05, 4.69) is 18.6 Å². The predicted octanol–water partition coefficient (Wildman–Crippen LogP) is 1.96. The Morgan fingerprint density at radius 1 is 0.818 bits per heavy atom. The smallest absolute Gasteiger partial charge is 0.300 e. The fourth-order valence-electron chi connectivity index (χ4n) is 3.19. The van der Waals surface area contributed by atoms with Crippen molar-refractivity contribution in [2.75, 3.05) is 14.2 Å². The van der Waals surface area contributed by atoms with Gasteiger partial charge in [-0.3, -0.25) is 8.37 Å². The third-order valence-electron chi connectivity index (χ3n) is 4.72. The van der Waals surface area contributed by atoms with Crippen LogP contribution in [-0.2, 0) is 38.4 Å². The van der Waals surface area contributed by atoms with Crippen molar-refractivity contribution in [3.05, 3.63) is 35.7 Å². The maximum atomic E-state index is 13.6. The van der Waals surface area contributed by atoms with E-state index in [0.29, 0.717) is 0 Å². The Morgan fingerprint density at radius 2 is 1.36 bits per heavy atom. The van der Waals surface area contributed by atoms with E-state index in [4.69, 9.17) is 9.15 Å². The average Bonchev–Trinajstić information content (AvgIpc) is 3.19. The first-order valence-corrected chi connectivity index (χ1v) is 13.3. The van der Waals surface area contributed by atoms with Crippen molar-refractivity contribution in [2.24, 2.45) is 0 Å². The Balaban J connectivity index is 2.12. The summed E-state index contributed by atoms with van der Waals surface area (Å²) in [6.45, 7) is 2.98. The molecule has 0 saturated heterocycles. The van der Waals surface area contributed by atoms with Crippen LogP contribution in [0.15, 0.2) is 48.3 Å². The topological polar surface area (TPSA) is 169 Å². The number of benzene rings is 2. The molecular weight excluding hydrogens is 500 g/mol. The average molecular weight is 517 g/mol. The van der Waals surface area contributed by atoms with Gasteiger partial charge in [-0.2, -0.15) is 16.8 Å². The number of aryl methyl sites for hydroxylation is 2. The SMILES string of the molecule is COS(=O)(=O)c1cc(C)cc2c1Oc1c(S(=O)(=O)OC)cc(-c3nnc(C)o3)cc1S2(=O)=O. The molecule has 0 aliphatic carbocycles. The van der Waals surface area contributed by atoms with Crippen LogP contribution in [0.1, 0.15) is 11.5 Å². The van der Waals surface area contributed by atoms with Crippen LogP contribution >= 0.6 is 0 Å². The molecule has 0 spiro atoms. The van der Waals surface area contributed by atoms with Gasteiger partial charge in [0.25, 0.3) is 10.1 Å². The summed E-state index contributed by atoms with van der Waals surface area (Å²) in [5.41, 5.74) is 0.256. The van der Waals surface area contributed by atoms with Gasteiger partial charge in [0, 0.05) is 12.5 Å². The number of sulfone groups is 1. The lowest BCUT2D eigenvalue weighted by Crippen LogP contribution is -2.18. The van der Waals surface area contributed by atoms with Gasteiger partial charge in [0.1, 0.15) is 19.6 Å². The van der Waals surface area contributed by atoms with Crippen molar-refractivity contribution in [3.8, 4) is 23.0 Å². The van der Waals surface area contributed by atoms with Crippen molar-refractivity contribution >= 4 is 30.1 Å². The Labute approximate surface area is 189 Å². The van der Waals surface area contributed by atoms with Crippen LogP contribution in [0, 0.1) is 13.8 Å². The molecule has 3 aromatic rings. The minimum absolute atomic E-state index is 0.0296. The van der Waals surface area contributed by atoms with Crippen molar-refractivity contribution in [2.45, 2.75) is 33.4 Å². The van der Waals surface area contributed by atoms with Gasteiger partial charge < -0.3 is 9.15 Å². The molecule has 0 atom stereocenters. The van der Waals surface area contributed by atoms with Crippen LogP contribution < -0.4 is 4.74 Å². The van der Waals surface area contributed by atoms with Crippen LogP contribution in [-0.4, -0.2) is 49.7 Å². The lowest BCUT2D eigenvalue weighted by Gasteiger charge is -2.24. The largest absolute Gasteiger partial charge is 0.452 e. The Bertz CT molecular complexity index is 1620. The zero-order valence-electron chi connectivity index (χ0n) is 17.5. The van der Waals surface area contributed by atoms with E-state index < -0.39 is 61.2 Å². The minimum Gasteiger partial charge on any atom is -0.452 e. The highest BCUT2D eigenvalue weighted by atomic mass is 32.2. The molecule has 2 heterocycles. The van der Waals surface area contributed by atoms with Gasteiger partial charge in [0.15, 0.2) is 11.5 Å². The van der Waals surface area contributed by atoms with E-state index >= 15 is 0 Å². The number of aromatic nitrogens is 2. The minimum atomic E-state index is -4.54. The van der Waals surface area contributed by atoms with E-state index in [9.17, 15) is 25.3 Å². The van der Waals surface area contributed by atoms with Crippen LogP contribution in [0.2, 0.25) is 0 Å². The summed E-state index contributed by atoms with van der Waals surface area (Å²) in [5.74, 6) is -1.21. The van der Waals surface area contributed by atoms with E-state index in [1.807, 2.05) is 0 Å². The van der Waals surface area contributed by atoms with Gasteiger partial charge >= 0.3 is 10.1 Å². The molecule has 0 saturated carbocycles. The Hall–Kier alpha value is -2.85. The first kappa shape index (κ1) is 23.3. The lowest BCUT2D eigenvalue weighted by molar-refractivity contribution is 0.376. The number of rotatable bonds is 5. The maximum absolute atomic E-state index is 13.6. The quantitative estimate of drug-likeness (QED) is 0.354. The summed E-state index contributed by atoms with van der Waals surface area (Å²) in [4.78, 5) is -2.29. The molecule has 33 heavy (non-hydrogen) atoms. The predicted molar refractivity (Wildman–Crippen MR) is 110 cm³/mol. The molecule has 0 fully saturated rings. The van der Waals surface area contributed by atoms with Gasteiger partial charge in [-0.25, -0.2) is 8.42 Å². The molecule has 2 aromatic carbocycles. The summed E-state index contributed by atoms with van der Waals surface area (Å²) >= 11 is 0. The summed E-state index contributed by atoms with van der Waals surface area (Å²) in [5, 5.41) is 7.45. The van der Waals surface area contributed by atoms with Crippen LogP contribution in [0.5, 0.6) is 11.5 Å². The molecule has 0 bridgehead atoms. The third kappa shape index (κ3) is 3.71. The number of hydrogen-bond acceptors (Lipinski definition) is 12. The molecule has 176 valence electrons. The second kappa shape index (κ2) is 7.59. The monoisotopic (exact) mass is 516 g/mol. The van der Waals surface area contributed by atoms with Gasteiger partial charge in [-0.15, -0.1) is 10.2 Å². The Kier molecular flexibility index (Phi) is 5.37. The molecule has 0 unspecified atom stereocenters. The van der Waals surface area contributed by atoms with Crippen LogP contribution in [0.25, 0.3) is 11.5 Å². The molecule has 0 N–H and O–H groups in total. The number of ether oxygens (including phenoxy) is 1. The molecule has 0 radical (unpaired) electrons. The molecular formula is C18H16N2O10S3. The second-order valence-electron chi connectivity index (χ2n) is 6.87. The van der Waals surface area contributed by atoms with E-state index in [1.54, 1.807) is 0 Å². The number of fused-ring (bicyclic) bond motifs is 2. The van der Waals surface area contributed by atoms with E-state index in [-0.39, 0.29) is 22.9 Å². The fourth-order valence-corrected chi connectivity index (χ4v) is 6.69. The number of nitrogens with zero attached hydrogens (tertiary/aromatic N) is 2. The highest BCUT2D eigenvalue weighted by molar-refractivity contribution is 7.92. The molecule has 1 aliphatic rings. The van der Waals surface area contributed by atoms with Gasteiger partial charge in [-0.05, 0) is 36.8 Å². The first-order valence-electron chi connectivity index (χ1n) is 8.99. The molecule has 1 aromatic heterocycles. The van der Waals surface area contributed by atoms with E-state index in [0.717, 1.165) is 32.4 Å². The molecule has 4 rings (SSSR count). The summed E-state index contributed by atoms with van der Waals surface area (Å²) in [6, 6.07) is 4.49. The van der Waals surface area contributed by atoms with Crippen molar-refractivity contribution in [1.29, 1.82) is 0 Å². The van der Waals surface area contributed by atoms with Crippen molar-refractivity contribution in [3.63, 3.8) is 0 Å². The molecule has 12 nitrogen and oxygen atoms in total. The fraction of sp³-hybridized carbons (Fsp3) is 0.222. The molecule has 15 heteroatoms. The molecule has 1 aliphatic heterocycles. The summed E-state index contributed by atoms with van der Waals surface area (Å²) in [6.07, 6.45) is 0.